The Bertz CT molecular complexity index is 1270. The quantitative estimate of drug-likeness (QED) is 0.177. The van der Waals surface area contributed by atoms with E-state index in [2.05, 4.69) is 15.0 Å². The molecule has 9 heteroatoms. The minimum absolute atomic E-state index is 0.124. The standard InChI is InChI=1S/C13H20O3.3C9H13NO/c1-13(2,3)16-11-8-6-10(7-9-11)12(14-4)15-5;1-9(2,3)11-8-4-6-10-7-5-8;1-9(2,3)11-8-5-4-6-10-7-8;1-9(2,3)11-8-6-4-5-7-10-8/h6-9,12H,1-5H3;3*4-7H,1-3H3. The largest absolute Gasteiger partial charge is 0.488 e. The lowest BCUT2D eigenvalue weighted by Gasteiger charge is -2.21. The van der Waals surface area contributed by atoms with Crippen molar-refractivity contribution < 1.29 is 28.4 Å². The third-order valence-electron chi connectivity index (χ3n) is 5.19. The van der Waals surface area contributed by atoms with E-state index in [1.165, 1.54) is 0 Å². The fourth-order valence-electron chi connectivity index (χ4n) is 3.66. The number of rotatable bonds is 7. The predicted octanol–water partition coefficient (Wildman–Crippen LogP) is 9.93. The Morgan fingerprint density at radius 2 is 0.939 bits per heavy atom. The predicted molar refractivity (Wildman–Crippen MR) is 197 cm³/mol. The molecule has 0 fully saturated rings. The maximum atomic E-state index is 5.72. The summed E-state index contributed by atoms with van der Waals surface area (Å²) in [4.78, 5) is 11.9. The van der Waals surface area contributed by atoms with Crippen molar-refractivity contribution in [2.24, 2.45) is 0 Å². The van der Waals surface area contributed by atoms with E-state index < -0.39 is 0 Å². The van der Waals surface area contributed by atoms with E-state index in [-0.39, 0.29) is 28.7 Å². The van der Waals surface area contributed by atoms with Crippen LogP contribution in [0.15, 0.2) is 97.7 Å². The van der Waals surface area contributed by atoms with E-state index in [0.29, 0.717) is 5.88 Å². The van der Waals surface area contributed by atoms with Crippen molar-refractivity contribution in [1.82, 2.24) is 15.0 Å². The van der Waals surface area contributed by atoms with Crippen LogP contribution in [-0.2, 0) is 9.47 Å². The molecule has 0 aliphatic rings. The summed E-state index contributed by atoms with van der Waals surface area (Å²) in [6.45, 7) is 24.2. The van der Waals surface area contributed by atoms with Crippen LogP contribution in [0.5, 0.6) is 23.1 Å². The van der Waals surface area contributed by atoms with Crippen LogP contribution < -0.4 is 18.9 Å². The second kappa shape index (κ2) is 20.3. The number of hydrogen-bond donors (Lipinski definition) is 0. The van der Waals surface area contributed by atoms with Crippen LogP contribution in [0.25, 0.3) is 0 Å². The van der Waals surface area contributed by atoms with Crippen LogP contribution in [0.2, 0.25) is 0 Å². The van der Waals surface area contributed by atoms with Crippen molar-refractivity contribution in [2.45, 2.75) is 112 Å². The molecule has 49 heavy (non-hydrogen) atoms. The van der Waals surface area contributed by atoms with E-state index in [1.54, 1.807) is 45.2 Å². The van der Waals surface area contributed by atoms with E-state index in [9.17, 15) is 0 Å². The van der Waals surface area contributed by atoms with Crippen molar-refractivity contribution in [3.05, 3.63) is 103 Å². The molecule has 9 nitrogen and oxygen atoms in total. The van der Waals surface area contributed by atoms with Gasteiger partial charge in [0.2, 0.25) is 5.88 Å². The Labute approximate surface area is 295 Å². The topological polar surface area (TPSA) is 94.1 Å². The zero-order valence-corrected chi connectivity index (χ0v) is 32.1. The Morgan fingerprint density at radius 3 is 1.35 bits per heavy atom. The highest BCUT2D eigenvalue weighted by Crippen LogP contribution is 2.23. The van der Waals surface area contributed by atoms with Gasteiger partial charge < -0.3 is 28.4 Å². The van der Waals surface area contributed by atoms with Gasteiger partial charge in [-0.15, -0.1) is 0 Å². The number of methoxy groups -OCH3 is 2. The highest BCUT2D eigenvalue weighted by atomic mass is 16.7. The number of nitrogens with zero attached hydrogens (tertiary/aromatic N) is 3. The minimum Gasteiger partial charge on any atom is -0.488 e. The van der Waals surface area contributed by atoms with Crippen molar-refractivity contribution in [3.8, 4) is 23.1 Å². The van der Waals surface area contributed by atoms with Gasteiger partial charge in [0.15, 0.2) is 6.29 Å². The molecule has 0 aliphatic carbocycles. The molecule has 3 aromatic heterocycles. The number of aromatic nitrogens is 3. The Balaban J connectivity index is 0.000000332. The first-order valence-corrected chi connectivity index (χ1v) is 16.3. The van der Waals surface area contributed by atoms with Gasteiger partial charge in [-0.3, -0.25) is 9.97 Å². The van der Waals surface area contributed by atoms with Crippen molar-refractivity contribution in [2.75, 3.05) is 14.2 Å². The highest BCUT2D eigenvalue weighted by Gasteiger charge is 2.14. The Hall–Kier alpha value is -4.21. The van der Waals surface area contributed by atoms with Gasteiger partial charge in [-0.2, -0.15) is 0 Å². The second-order valence-corrected chi connectivity index (χ2v) is 14.8. The molecule has 1 aromatic carbocycles. The van der Waals surface area contributed by atoms with Gasteiger partial charge in [-0.1, -0.05) is 18.2 Å². The first-order valence-electron chi connectivity index (χ1n) is 16.3. The first kappa shape index (κ1) is 42.8. The minimum atomic E-state index is -0.316. The van der Waals surface area contributed by atoms with Crippen molar-refractivity contribution in [1.29, 1.82) is 0 Å². The zero-order chi connectivity index (χ0) is 37.1. The van der Waals surface area contributed by atoms with E-state index in [4.69, 9.17) is 28.4 Å². The monoisotopic (exact) mass is 677 g/mol. The van der Waals surface area contributed by atoms with Gasteiger partial charge >= 0.3 is 0 Å². The van der Waals surface area contributed by atoms with Gasteiger partial charge in [0, 0.05) is 50.6 Å². The molecule has 0 aliphatic heterocycles. The molecule has 0 saturated carbocycles. The van der Waals surface area contributed by atoms with Crippen molar-refractivity contribution in [3.63, 3.8) is 0 Å². The zero-order valence-electron chi connectivity index (χ0n) is 32.1. The summed E-state index contributed by atoms with van der Waals surface area (Å²) < 4.78 is 32.6. The molecule has 3 heterocycles. The van der Waals surface area contributed by atoms with Gasteiger partial charge in [0.25, 0.3) is 0 Å². The lowest BCUT2D eigenvalue weighted by atomic mass is 10.1. The van der Waals surface area contributed by atoms with Crippen LogP contribution in [-0.4, -0.2) is 51.6 Å². The summed E-state index contributed by atoms with van der Waals surface area (Å²) >= 11 is 0. The molecule has 4 rings (SSSR count). The molecule has 0 saturated heterocycles. The maximum Gasteiger partial charge on any atom is 0.213 e. The van der Waals surface area contributed by atoms with Crippen LogP contribution in [0.1, 0.15) is 94.9 Å². The molecular formula is C40H59N3O6. The molecule has 4 aromatic rings. The first-order chi connectivity index (χ1) is 22.7. The van der Waals surface area contributed by atoms with Gasteiger partial charge in [0.05, 0.1) is 6.20 Å². The second-order valence-electron chi connectivity index (χ2n) is 14.8. The van der Waals surface area contributed by atoms with Crippen LogP contribution in [0.4, 0.5) is 0 Å². The summed E-state index contributed by atoms with van der Waals surface area (Å²) in [5, 5.41) is 0. The number of pyridine rings is 3. The summed E-state index contributed by atoms with van der Waals surface area (Å²) in [7, 11) is 3.24. The van der Waals surface area contributed by atoms with Crippen LogP contribution >= 0.6 is 0 Å². The average Bonchev–Trinajstić information content (AvgIpc) is 2.98. The Kier molecular flexibility index (Phi) is 17.8. The fourth-order valence-corrected chi connectivity index (χ4v) is 3.66. The fraction of sp³-hybridized carbons (Fsp3) is 0.475. The number of benzene rings is 1. The summed E-state index contributed by atoms with van der Waals surface area (Å²) in [5.74, 6) is 3.22. The molecule has 0 spiro atoms. The molecule has 0 unspecified atom stereocenters. The third kappa shape index (κ3) is 22.9. The van der Waals surface area contributed by atoms with E-state index in [1.807, 2.05) is 150 Å². The normalized spacial score (nSPS) is 11.4. The molecule has 0 N–H and O–H groups in total. The third-order valence-corrected chi connectivity index (χ3v) is 5.19. The van der Waals surface area contributed by atoms with Gasteiger partial charge in [-0.25, -0.2) is 4.98 Å². The van der Waals surface area contributed by atoms with Gasteiger partial charge in [-0.05, 0) is 126 Å². The maximum absolute atomic E-state index is 5.72. The summed E-state index contributed by atoms with van der Waals surface area (Å²) in [6.07, 6.45) is 8.30. The molecular weight excluding hydrogens is 618 g/mol. The van der Waals surface area contributed by atoms with Crippen LogP contribution in [0, 0.1) is 0 Å². The lowest BCUT2D eigenvalue weighted by molar-refractivity contribution is -0.106. The molecule has 0 amide bonds. The summed E-state index contributed by atoms with van der Waals surface area (Å²) in [6, 6.07) is 20.8. The number of ether oxygens (including phenoxy) is 6. The van der Waals surface area contributed by atoms with Crippen molar-refractivity contribution >= 4 is 0 Å². The smallest absolute Gasteiger partial charge is 0.213 e. The molecule has 0 atom stereocenters. The van der Waals surface area contributed by atoms with E-state index in [0.717, 1.165) is 22.8 Å². The van der Waals surface area contributed by atoms with Crippen LogP contribution in [0.3, 0.4) is 0 Å². The molecule has 0 bridgehead atoms. The summed E-state index contributed by atoms with van der Waals surface area (Å²) in [5.41, 5.74) is 0.383. The SMILES string of the molecule is CC(C)(C)Oc1ccccn1.CC(C)(C)Oc1cccnc1.CC(C)(C)Oc1ccncc1.COC(OC)c1ccc(OC(C)(C)C)cc1. The van der Waals surface area contributed by atoms with E-state index >= 15 is 0 Å². The Morgan fingerprint density at radius 1 is 0.449 bits per heavy atom. The molecule has 270 valence electrons. The highest BCUT2D eigenvalue weighted by molar-refractivity contribution is 5.28. The lowest BCUT2D eigenvalue weighted by Crippen LogP contribution is -2.23. The van der Waals surface area contributed by atoms with Gasteiger partial charge in [0.1, 0.15) is 39.7 Å². The average molecular weight is 678 g/mol. The number of hydrogen-bond acceptors (Lipinski definition) is 9. The molecule has 0 radical (unpaired) electrons.